The molecule has 19 heavy (non-hydrogen) atoms. The first-order valence-electron chi connectivity index (χ1n) is 6.78. The molecule has 0 amide bonds. The van der Waals surface area contributed by atoms with Crippen molar-refractivity contribution in [3.05, 3.63) is 41.0 Å². The van der Waals surface area contributed by atoms with E-state index in [0.29, 0.717) is 0 Å². The minimum absolute atomic E-state index is 0.0852. The van der Waals surface area contributed by atoms with Crippen LogP contribution in [0.4, 0.5) is 0 Å². The van der Waals surface area contributed by atoms with Crippen molar-refractivity contribution >= 4 is 11.5 Å². The highest BCUT2D eigenvalue weighted by Gasteiger charge is 2.17. The maximum absolute atomic E-state index is 10.7. The number of carboxylic acids is 1. The summed E-state index contributed by atoms with van der Waals surface area (Å²) in [7, 11) is 0. The van der Waals surface area contributed by atoms with E-state index in [2.05, 4.69) is 52.8 Å². The molecule has 104 valence electrons. The molecule has 0 radical (unpaired) electrons. The Morgan fingerprint density at radius 1 is 1.32 bits per heavy atom. The lowest BCUT2D eigenvalue weighted by atomic mass is 9.82. The normalized spacial score (nSPS) is 12.6. The van der Waals surface area contributed by atoms with Gasteiger partial charge in [0, 0.05) is 0 Å². The minimum Gasteiger partial charge on any atom is -0.481 e. The Kier molecular flexibility index (Phi) is 4.93. The molecule has 2 nitrogen and oxygen atoms in total. The molecule has 0 aliphatic heterocycles. The molecule has 0 atom stereocenters. The average Bonchev–Trinajstić information content (AvgIpc) is 2.29. The fraction of sp³-hybridized carbons (Fsp3) is 0.471. The van der Waals surface area contributed by atoms with E-state index >= 15 is 0 Å². The van der Waals surface area contributed by atoms with Gasteiger partial charge in [-0.1, -0.05) is 52.0 Å². The Balaban J connectivity index is 3.20. The van der Waals surface area contributed by atoms with Gasteiger partial charge < -0.3 is 5.11 Å². The molecule has 0 bridgehead atoms. The SMILES string of the molecule is CC/C(=C\CC(=O)O)c1ccc(C)c(C(C)(C)C)c1. The van der Waals surface area contributed by atoms with Crippen molar-refractivity contribution in [2.24, 2.45) is 0 Å². The van der Waals surface area contributed by atoms with Gasteiger partial charge in [0.25, 0.3) is 0 Å². The van der Waals surface area contributed by atoms with Crippen molar-refractivity contribution in [2.75, 3.05) is 0 Å². The molecule has 0 aromatic heterocycles. The van der Waals surface area contributed by atoms with Crippen LogP contribution in [0.2, 0.25) is 0 Å². The monoisotopic (exact) mass is 260 g/mol. The van der Waals surface area contributed by atoms with Gasteiger partial charge >= 0.3 is 5.97 Å². The largest absolute Gasteiger partial charge is 0.481 e. The number of aryl methyl sites for hydroxylation is 1. The van der Waals surface area contributed by atoms with Crippen molar-refractivity contribution in [3.8, 4) is 0 Å². The zero-order valence-electron chi connectivity index (χ0n) is 12.6. The zero-order chi connectivity index (χ0) is 14.6. The highest BCUT2D eigenvalue weighted by Crippen LogP contribution is 2.29. The summed E-state index contributed by atoms with van der Waals surface area (Å²) in [5, 5.41) is 8.79. The highest BCUT2D eigenvalue weighted by atomic mass is 16.4. The first-order chi connectivity index (χ1) is 8.75. The number of hydrogen-bond donors (Lipinski definition) is 1. The molecule has 0 aliphatic carbocycles. The number of allylic oxidation sites excluding steroid dienone is 1. The van der Waals surface area contributed by atoms with Gasteiger partial charge in [-0.2, -0.15) is 0 Å². The molecule has 0 unspecified atom stereocenters. The fourth-order valence-electron chi connectivity index (χ4n) is 2.31. The maximum atomic E-state index is 10.7. The molecule has 0 saturated carbocycles. The Hall–Kier alpha value is -1.57. The lowest BCUT2D eigenvalue weighted by Gasteiger charge is -2.23. The van der Waals surface area contributed by atoms with Crippen molar-refractivity contribution in [2.45, 2.75) is 52.9 Å². The van der Waals surface area contributed by atoms with Crippen molar-refractivity contribution in [1.82, 2.24) is 0 Å². The molecule has 1 N–H and O–H groups in total. The third-order valence-corrected chi connectivity index (χ3v) is 3.32. The highest BCUT2D eigenvalue weighted by molar-refractivity contribution is 5.74. The molecular weight excluding hydrogens is 236 g/mol. The summed E-state index contributed by atoms with van der Waals surface area (Å²) >= 11 is 0. The Morgan fingerprint density at radius 2 is 1.95 bits per heavy atom. The van der Waals surface area contributed by atoms with Gasteiger partial charge in [-0.15, -0.1) is 0 Å². The van der Waals surface area contributed by atoms with Crippen LogP contribution in [0.15, 0.2) is 24.3 Å². The van der Waals surface area contributed by atoms with E-state index < -0.39 is 5.97 Å². The standard InChI is InChI=1S/C17H24O2/c1-6-13(9-10-16(18)19)14-8-7-12(2)15(11-14)17(3,4)5/h7-9,11H,6,10H2,1-5H3,(H,18,19)/b13-9+. The topological polar surface area (TPSA) is 37.3 Å². The first kappa shape index (κ1) is 15.5. The van der Waals surface area contributed by atoms with Gasteiger partial charge in [0.1, 0.15) is 0 Å². The second-order valence-electron chi connectivity index (χ2n) is 5.96. The quantitative estimate of drug-likeness (QED) is 0.861. The van der Waals surface area contributed by atoms with Gasteiger partial charge in [0.15, 0.2) is 0 Å². The van der Waals surface area contributed by atoms with E-state index in [1.54, 1.807) is 0 Å². The van der Waals surface area contributed by atoms with E-state index in [0.717, 1.165) is 17.6 Å². The van der Waals surface area contributed by atoms with Gasteiger partial charge in [-0.05, 0) is 41.0 Å². The van der Waals surface area contributed by atoms with Crippen LogP contribution in [-0.4, -0.2) is 11.1 Å². The summed E-state index contributed by atoms with van der Waals surface area (Å²) in [6, 6.07) is 6.41. The summed E-state index contributed by atoms with van der Waals surface area (Å²) in [5.74, 6) is -0.783. The van der Waals surface area contributed by atoms with Gasteiger partial charge in [-0.25, -0.2) is 0 Å². The molecule has 1 rings (SSSR count). The third-order valence-electron chi connectivity index (χ3n) is 3.32. The van der Waals surface area contributed by atoms with E-state index in [4.69, 9.17) is 5.11 Å². The van der Waals surface area contributed by atoms with Crippen molar-refractivity contribution < 1.29 is 9.90 Å². The number of benzene rings is 1. The summed E-state index contributed by atoms with van der Waals surface area (Å²) in [4.78, 5) is 10.7. The van der Waals surface area contributed by atoms with Crippen LogP contribution in [0.25, 0.3) is 5.57 Å². The van der Waals surface area contributed by atoms with Crippen LogP contribution >= 0.6 is 0 Å². The molecule has 0 fully saturated rings. The summed E-state index contributed by atoms with van der Waals surface area (Å²) in [6.07, 6.45) is 2.75. The molecule has 2 heteroatoms. The zero-order valence-corrected chi connectivity index (χ0v) is 12.6. The molecule has 0 spiro atoms. The second kappa shape index (κ2) is 6.05. The molecule has 1 aromatic rings. The number of aliphatic carboxylic acids is 1. The minimum atomic E-state index is -0.783. The van der Waals surface area contributed by atoms with Crippen molar-refractivity contribution in [1.29, 1.82) is 0 Å². The fourth-order valence-corrected chi connectivity index (χ4v) is 2.31. The number of rotatable bonds is 4. The summed E-state index contributed by atoms with van der Waals surface area (Å²) in [6.45, 7) is 10.8. The molecule has 0 heterocycles. The van der Waals surface area contributed by atoms with E-state index in [9.17, 15) is 4.79 Å². The summed E-state index contributed by atoms with van der Waals surface area (Å²) in [5.41, 5.74) is 4.95. The second-order valence-corrected chi connectivity index (χ2v) is 5.96. The van der Waals surface area contributed by atoms with Crippen LogP contribution < -0.4 is 0 Å². The van der Waals surface area contributed by atoms with Crippen molar-refractivity contribution in [3.63, 3.8) is 0 Å². The average molecular weight is 260 g/mol. The van der Waals surface area contributed by atoms with Crippen LogP contribution in [0, 0.1) is 6.92 Å². The molecule has 1 aromatic carbocycles. The van der Waals surface area contributed by atoms with E-state index in [-0.39, 0.29) is 11.8 Å². The Morgan fingerprint density at radius 3 is 2.42 bits per heavy atom. The van der Waals surface area contributed by atoms with Gasteiger partial charge in [0.2, 0.25) is 0 Å². The van der Waals surface area contributed by atoms with Crippen LogP contribution in [0.3, 0.4) is 0 Å². The number of carbonyl (C=O) groups is 1. The summed E-state index contributed by atoms with van der Waals surface area (Å²) < 4.78 is 0. The molecule has 0 saturated heterocycles. The molecular formula is C17H24O2. The van der Waals surface area contributed by atoms with Gasteiger partial charge in [-0.3, -0.25) is 4.79 Å². The van der Waals surface area contributed by atoms with Crippen LogP contribution in [0.5, 0.6) is 0 Å². The van der Waals surface area contributed by atoms with Gasteiger partial charge in [0.05, 0.1) is 6.42 Å². The van der Waals surface area contributed by atoms with E-state index in [1.165, 1.54) is 11.1 Å². The molecule has 0 aliphatic rings. The Bertz CT molecular complexity index is 490. The smallest absolute Gasteiger partial charge is 0.307 e. The maximum Gasteiger partial charge on any atom is 0.307 e. The Labute approximate surface area is 116 Å². The van der Waals surface area contributed by atoms with E-state index in [1.807, 2.05) is 6.08 Å². The first-order valence-corrected chi connectivity index (χ1v) is 6.78. The predicted octanol–water partition coefficient (Wildman–Crippen LogP) is 4.56. The van der Waals surface area contributed by atoms with Crippen LogP contribution in [-0.2, 0) is 10.2 Å². The lowest BCUT2D eigenvalue weighted by molar-refractivity contribution is -0.135. The lowest BCUT2D eigenvalue weighted by Crippen LogP contribution is -2.13. The number of carboxylic acid groups (broad SMARTS) is 1. The number of hydrogen-bond acceptors (Lipinski definition) is 1. The third kappa shape index (κ3) is 4.23. The predicted molar refractivity (Wildman–Crippen MR) is 80.4 cm³/mol. The van der Waals surface area contributed by atoms with Crippen LogP contribution in [0.1, 0.15) is 57.2 Å².